The third kappa shape index (κ3) is 3.14. The molecule has 1 aliphatic rings. The van der Waals surface area contributed by atoms with E-state index in [9.17, 15) is 18.8 Å². The largest absolute Gasteiger partial charge is 0.417 e. The van der Waals surface area contributed by atoms with Crippen molar-refractivity contribution in [3.05, 3.63) is 58.3 Å². The van der Waals surface area contributed by atoms with Gasteiger partial charge in [-0.25, -0.2) is 14.0 Å². The van der Waals surface area contributed by atoms with Crippen molar-refractivity contribution >= 4 is 34.4 Å². The van der Waals surface area contributed by atoms with E-state index in [1.54, 1.807) is 12.1 Å². The predicted molar refractivity (Wildman–Crippen MR) is 96.5 cm³/mol. The van der Waals surface area contributed by atoms with Crippen molar-refractivity contribution in [2.75, 3.05) is 23.3 Å². The number of aromatic nitrogens is 1. The van der Waals surface area contributed by atoms with E-state index in [0.29, 0.717) is 30.7 Å². The summed E-state index contributed by atoms with van der Waals surface area (Å²) in [6.45, 7) is 0.924. The maximum Gasteiger partial charge on any atom is 0.417 e. The van der Waals surface area contributed by atoms with E-state index in [2.05, 4.69) is 15.6 Å². The molecule has 1 aromatic heterocycles. The van der Waals surface area contributed by atoms with Gasteiger partial charge in [0.25, 0.3) is 5.91 Å². The minimum Gasteiger partial charge on any atom is -0.407 e. The summed E-state index contributed by atoms with van der Waals surface area (Å²) in [4.78, 5) is 39.7. The number of benzene rings is 2. The molecule has 8 nitrogen and oxygen atoms in total. The first-order valence-corrected chi connectivity index (χ1v) is 8.31. The zero-order valence-corrected chi connectivity index (χ0v) is 14.0. The Hall–Kier alpha value is -3.62. The predicted octanol–water partition coefficient (Wildman–Crippen LogP) is 2.43. The summed E-state index contributed by atoms with van der Waals surface area (Å²) in [6.07, 6.45) is 0.691. The van der Waals surface area contributed by atoms with Crippen LogP contribution in [0.4, 0.5) is 20.6 Å². The Balaban J connectivity index is 1.64. The number of carbonyl (C=O) groups is 2. The number of nitrogens with one attached hydrogen (secondary N) is 3. The number of fused-ring (bicyclic) bond motifs is 1. The van der Waals surface area contributed by atoms with Gasteiger partial charge in [0.2, 0.25) is 0 Å². The molecule has 0 unspecified atom stereocenters. The van der Waals surface area contributed by atoms with Gasteiger partial charge in [0, 0.05) is 18.8 Å². The lowest BCUT2D eigenvalue weighted by molar-refractivity contribution is 0.102. The van der Waals surface area contributed by atoms with Crippen molar-refractivity contribution in [1.82, 2.24) is 10.3 Å². The highest BCUT2D eigenvalue weighted by molar-refractivity contribution is 6.11. The maximum atomic E-state index is 14.2. The minimum absolute atomic E-state index is 0.0800. The van der Waals surface area contributed by atoms with Crippen LogP contribution in [0.3, 0.4) is 0 Å². The van der Waals surface area contributed by atoms with Crippen LogP contribution in [0.25, 0.3) is 11.1 Å². The molecule has 27 heavy (non-hydrogen) atoms. The second kappa shape index (κ2) is 6.60. The highest BCUT2D eigenvalue weighted by Crippen LogP contribution is 2.26. The number of nitrogens with zero attached hydrogens (tertiary/aromatic N) is 1. The van der Waals surface area contributed by atoms with Gasteiger partial charge in [-0.15, -0.1) is 0 Å². The monoisotopic (exact) mass is 370 g/mol. The van der Waals surface area contributed by atoms with Gasteiger partial charge in [-0.2, -0.15) is 0 Å². The highest BCUT2D eigenvalue weighted by atomic mass is 19.1. The number of urea groups is 1. The van der Waals surface area contributed by atoms with Gasteiger partial charge in [-0.3, -0.25) is 14.7 Å². The van der Waals surface area contributed by atoms with Crippen molar-refractivity contribution in [2.24, 2.45) is 0 Å². The lowest BCUT2D eigenvalue weighted by Crippen LogP contribution is -2.46. The van der Waals surface area contributed by atoms with Crippen LogP contribution in [0.1, 0.15) is 16.8 Å². The summed E-state index contributed by atoms with van der Waals surface area (Å²) < 4.78 is 19.2. The summed E-state index contributed by atoms with van der Waals surface area (Å²) in [6, 6.07) is 8.32. The Morgan fingerprint density at radius 3 is 2.89 bits per heavy atom. The number of rotatable bonds is 3. The molecule has 1 saturated heterocycles. The van der Waals surface area contributed by atoms with Crippen molar-refractivity contribution in [3.8, 4) is 0 Å². The number of oxazole rings is 1. The fraction of sp³-hybridized carbons (Fsp3) is 0.167. The average Bonchev–Trinajstić information content (AvgIpc) is 3.04. The first kappa shape index (κ1) is 16.8. The molecule has 3 amide bonds. The summed E-state index contributed by atoms with van der Waals surface area (Å²) in [5, 5.41) is 5.30. The molecular weight excluding hydrogens is 355 g/mol. The third-order valence-electron chi connectivity index (χ3n) is 4.27. The number of amides is 3. The average molecular weight is 370 g/mol. The van der Waals surface area contributed by atoms with Crippen LogP contribution in [-0.4, -0.2) is 30.0 Å². The van der Waals surface area contributed by atoms with E-state index < -0.39 is 17.5 Å². The number of para-hydroxylation sites is 1. The Morgan fingerprint density at radius 1 is 1.22 bits per heavy atom. The molecule has 2 aromatic carbocycles. The van der Waals surface area contributed by atoms with Crippen molar-refractivity contribution < 1.29 is 18.4 Å². The molecule has 0 saturated carbocycles. The summed E-state index contributed by atoms with van der Waals surface area (Å²) in [7, 11) is 0. The van der Waals surface area contributed by atoms with Crippen LogP contribution in [0, 0.1) is 5.82 Å². The number of hydrogen-bond acceptors (Lipinski definition) is 4. The molecule has 3 N–H and O–H groups in total. The Bertz CT molecular complexity index is 1100. The molecule has 0 aliphatic carbocycles. The van der Waals surface area contributed by atoms with Gasteiger partial charge in [0.15, 0.2) is 5.58 Å². The van der Waals surface area contributed by atoms with Crippen LogP contribution in [0.2, 0.25) is 0 Å². The first-order valence-electron chi connectivity index (χ1n) is 8.31. The van der Waals surface area contributed by atoms with Crippen molar-refractivity contribution in [3.63, 3.8) is 0 Å². The number of carbonyl (C=O) groups excluding carboxylic acids is 2. The lowest BCUT2D eigenvalue weighted by Gasteiger charge is -2.28. The Labute approximate surface area is 152 Å². The third-order valence-corrected chi connectivity index (χ3v) is 4.27. The molecule has 2 heterocycles. The molecule has 4 rings (SSSR count). The van der Waals surface area contributed by atoms with Crippen LogP contribution >= 0.6 is 0 Å². The Kier molecular flexibility index (Phi) is 4.11. The molecule has 138 valence electrons. The normalized spacial score (nSPS) is 14.3. The van der Waals surface area contributed by atoms with Crippen LogP contribution < -0.4 is 21.3 Å². The van der Waals surface area contributed by atoms with E-state index in [0.717, 1.165) is 0 Å². The highest BCUT2D eigenvalue weighted by Gasteiger charge is 2.23. The standard InChI is InChI=1S/C18H15FN4O4/c19-12-6-5-10(9-14(12)23-8-2-7-20-17(23)25)21-16(24)11-3-1-4-13-15(11)27-18(26)22-13/h1,3-6,9H,2,7-8H2,(H,20,25)(H,21,24)(H,22,26). The molecule has 0 bridgehead atoms. The topological polar surface area (TPSA) is 107 Å². The number of halogens is 1. The number of H-pyrrole nitrogens is 1. The number of anilines is 2. The summed E-state index contributed by atoms with van der Waals surface area (Å²) in [5.74, 6) is -1.75. The van der Waals surface area contributed by atoms with E-state index >= 15 is 0 Å². The molecule has 0 radical (unpaired) electrons. The zero-order chi connectivity index (χ0) is 19.0. The fourth-order valence-corrected chi connectivity index (χ4v) is 3.01. The van der Waals surface area contributed by atoms with Gasteiger partial charge in [-0.1, -0.05) is 6.07 Å². The van der Waals surface area contributed by atoms with Gasteiger partial charge < -0.3 is 15.1 Å². The SMILES string of the molecule is O=C(Nc1ccc(F)c(N2CCCNC2=O)c1)c1cccc2[nH]c(=O)oc12. The molecule has 1 aliphatic heterocycles. The molecule has 0 atom stereocenters. The van der Waals surface area contributed by atoms with Gasteiger partial charge in [0.1, 0.15) is 5.82 Å². The second-order valence-corrected chi connectivity index (χ2v) is 6.05. The smallest absolute Gasteiger partial charge is 0.407 e. The molecule has 9 heteroatoms. The molecule has 1 fully saturated rings. The van der Waals surface area contributed by atoms with Gasteiger partial charge >= 0.3 is 11.8 Å². The van der Waals surface area contributed by atoms with E-state index in [-0.39, 0.29) is 22.9 Å². The molecular formula is C18H15FN4O4. The second-order valence-electron chi connectivity index (χ2n) is 6.05. The summed E-state index contributed by atoms with van der Waals surface area (Å²) in [5.41, 5.74) is 1.09. The van der Waals surface area contributed by atoms with Crippen LogP contribution in [0.5, 0.6) is 0 Å². The van der Waals surface area contributed by atoms with Gasteiger partial charge in [-0.05, 0) is 36.8 Å². The van der Waals surface area contributed by atoms with E-state index in [4.69, 9.17) is 4.42 Å². The summed E-state index contributed by atoms with van der Waals surface area (Å²) >= 11 is 0. The zero-order valence-electron chi connectivity index (χ0n) is 14.0. The quantitative estimate of drug-likeness (QED) is 0.658. The number of aromatic amines is 1. The van der Waals surface area contributed by atoms with Crippen molar-refractivity contribution in [2.45, 2.75) is 6.42 Å². The van der Waals surface area contributed by atoms with Crippen LogP contribution in [0.15, 0.2) is 45.6 Å². The molecule has 3 aromatic rings. The minimum atomic E-state index is -0.662. The lowest BCUT2D eigenvalue weighted by atomic mass is 10.1. The fourth-order valence-electron chi connectivity index (χ4n) is 3.01. The van der Waals surface area contributed by atoms with Gasteiger partial charge in [0.05, 0.1) is 16.8 Å². The maximum absolute atomic E-state index is 14.2. The van der Waals surface area contributed by atoms with Crippen molar-refractivity contribution in [1.29, 1.82) is 0 Å². The first-order chi connectivity index (χ1) is 13.0. The number of hydrogen-bond donors (Lipinski definition) is 3. The van der Waals surface area contributed by atoms with E-state index in [1.807, 2.05) is 0 Å². The Morgan fingerprint density at radius 2 is 2.07 bits per heavy atom. The van der Waals surface area contributed by atoms with E-state index in [1.165, 1.54) is 29.2 Å². The molecule has 0 spiro atoms. The van der Waals surface area contributed by atoms with Crippen LogP contribution in [-0.2, 0) is 0 Å².